The molecule has 0 fully saturated rings. The minimum absolute atomic E-state index is 0.348. The Bertz CT molecular complexity index is 2550. The molecule has 4 aromatic heterocycles. The number of benzene rings is 4. The van der Waals surface area contributed by atoms with E-state index in [9.17, 15) is 0 Å². The molecule has 212 valence electrons. The highest BCUT2D eigenvalue weighted by molar-refractivity contribution is 8.00. The van der Waals surface area contributed by atoms with E-state index in [1.807, 2.05) is 59.0 Å². The van der Waals surface area contributed by atoms with E-state index in [1.54, 1.807) is 0 Å². The zero-order valence-corrected chi connectivity index (χ0v) is 26.4. The Hall–Kier alpha value is -4.55. The number of allylic oxidation sites excluding steroid dienone is 3. The van der Waals surface area contributed by atoms with Gasteiger partial charge in [0.2, 0.25) is 0 Å². The highest BCUT2D eigenvalue weighted by Gasteiger charge is 2.32. The Kier molecular flexibility index (Phi) is 5.71. The molecule has 5 heterocycles. The van der Waals surface area contributed by atoms with Crippen molar-refractivity contribution in [2.45, 2.75) is 16.1 Å². The number of nitrogens with zero attached hydrogens (tertiary/aromatic N) is 2. The number of rotatable bonds is 3. The predicted molar refractivity (Wildman–Crippen MR) is 195 cm³/mol. The number of hydrogen-bond acceptors (Lipinski definition) is 5. The van der Waals surface area contributed by atoms with E-state index in [-0.39, 0.29) is 0 Å². The van der Waals surface area contributed by atoms with E-state index in [2.05, 4.69) is 114 Å². The van der Waals surface area contributed by atoms with Crippen LogP contribution in [-0.2, 0) is 0 Å². The number of pyridine rings is 2. The van der Waals surface area contributed by atoms with Crippen LogP contribution in [0, 0.1) is 0 Å². The van der Waals surface area contributed by atoms with E-state index in [4.69, 9.17) is 4.98 Å². The van der Waals surface area contributed by atoms with Crippen molar-refractivity contribution in [1.82, 2.24) is 9.97 Å². The average molecular weight is 629 g/mol. The SMILES string of the molecule is C1=CC2Sc3ccc(-c4ccc5sc6cccnc6c5c4)cc3C2C=C1c1cccc(-c2ccc3sc4cccnc4c3c2)c1. The zero-order valence-electron chi connectivity index (χ0n) is 24.0. The second kappa shape index (κ2) is 9.98. The molecule has 0 bridgehead atoms. The van der Waals surface area contributed by atoms with Gasteiger partial charge in [-0.2, -0.15) is 0 Å². The summed E-state index contributed by atoms with van der Waals surface area (Å²) in [5, 5.41) is 2.90. The second-order valence-electron chi connectivity index (χ2n) is 11.7. The largest absolute Gasteiger partial charge is 0.255 e. The highest BCUT2D eigenvalue weighted by atomic mass is 32.2. The van der Waals surface area contributed by atoms with Crippen molar-refractivity contribution in [1.29, 1.82) is 0 Å². The van der Waals surface area contributed by atoms with E-state index < -0.39 is 0 Å². The lowest BCUT2D eigenvalue weighted by molar-refractivity contribution is 0.885. The minimum atomic E-state index is 0.348. The van der Waals surface area contributed by atoms with E-state index in [1.165, 1.54) is 73.4 Å². The summed E-state index contributed by atoms with van der Waals surface area (Å²) in [4.78, 5) is 10.8. The molecular weight excluding hydrogens is 605 g/mol. The van der Waals surface area contributed by atoms with Crippen LogP contribution in [-0.4, -0.2) is 15.2 Å². The fourth-order valence-electron chi connectivity index (χ4n) is 6.91. The summed E-state index contributed by atoms with van der Waals surface area (Å²) in [5.41, 5.74) is 11.1. The number of fused-ring (bicyclic) bond motifs is 9. The van der Waals surface area contributed by atoms with Crippen LogP contribution in [0.25, 0.3) is 68.4 Å². The third-order valence-corrected chi connectivity index (χ3v) is 12.7. The molecule has 0 saturated carbocycles. The maximum absolute atomic E-state index is 4.69. The van der Waals surface area contributed by atoms with Crippen LogP contribution < -0.4 is 0 Å². The van der Waals surface area contributed by atoms with Gasteiger partial charge in [-0.15, -0.1) is 34.4 Å². The van der Waals surface area contributed by atoms with Crippen molar-refractivity contribution in [3.8, 4) is 22.3 Å². The van der Waals surface area contributed by atoms with Crippen LogP contribution in [0.3, 0.4) is 0 Å². The fraction of sp³-hybridized carbons (Fsp3) is 0.0500. The molecule has 5 heteroatoms. The third-order valence-electron chi connectivity index (χ3n) is 9.12. The first-order chi connectivity index (χ1) is 22.2. The molecule has 0 N–H and O–H groups in total. The lowest BCUT2D eigenvalue weighted by atomic mass is 9.85. The summed E-state index contributed by atoms with van der Waals surface area (Å²) in [6, 6.07) is 38.0. The molecule has 2 nitrogen and oxygen atoms in total. The molecule has 2 aliphatic rings. The molecule has 10 rings (SSSR count). The van der Waals surface area contributed by atoms with Crippen LogP contribution >= 0.6 is 34.4 Å². The normalized spacial score (nSPS) is 17.3. The zero-order chi connectivity index (χ0) is 29.5. The molecule has 2 atom stereocenters. The number of thioether (sulfide) groups is 1. The maximum atomic E-state index is 4.69. The molecule has 2 unspecified atom stereocenters. The van der Waals surface area contributed by atoms with E-state index in [0.29, 0.717) is 11.2 Å². The van der Waals surface area contributed by atoms with Gasteiger partial charge in [-0.05, 0) is 106 Å². The topological polar surface area (TPSA) is 25.8 Å². The van der Waals surface area contributed by atoms with Crippen LogP contribution in [0.5, 0.6) is 0 Å². The van der Waals surface area contributed by atoms with Gasteiger partial charge in [0.25, 0.3) is 0 Å². The van der Waals surface area contributed by atoms with Crippen molar-refractivity contribution in [3.63, 3.8) is 0 Å². The molecule has 0 saturated heterocycles. The molecule has 4 aromatic carbocycles. The number of hydrogen-bond donors (Lipinski definition) is 0. The highest BCUT2D eigenvalue weighted by Crippen LogP contribution is 2.51. The molecule has 1 aliphatic carbocycles. The fourth-order valence-corrected chi connectivity index (χ4v) is 10.3. The summed E-state index contributed by atoms with van der Waals surface area (Å²) < 4.78 is 5.05. The van der Waals surface area contributed by atoms with Gasteiger partial charge >= 0.3 is 0 Å². The van der Waals surface area contributed by atoms with Gasteiger partial charge < -0.3 is 0 Å². The molecule has 8 aromatic rings. The quantitative estimate of drug-likeness (QED) is 0.195. The molecule has 0 spiro atoms. The van der Waals surface area contributed by atoms with E-state index in [0.717, 1.165) is 11.0 Å². The van der Waals surface area contributed by atoms with Gasteiger partial charge in [0.1, 0.15) is 0 Å². The van der Waals surface area contributed by atoms with Crippen LogP contribution in [0.15, 0.2) is 139 Å². The first kappa shape index (κ1) is 25.7. The first-order valence-electron chi connectivity index (χ1n) is 15.1. The van der Waals surface area contributed by atoms with Gasteiger partial charge in [0.15, 0.2) is 0 Å². The molecular formula is C40H24N2S3. The average Bonchev–Trinajstić information content (AvgIpc) is 3.78. The van der Waals surface area contributed by atoms with Gasteiger partial charge in [0.05, 0.1) is 20.4 Å². The number of thiophene rings is 2. The third kappa shape index (κ3) is 4.15. The summed E-state index contributed by atoms with van der Waals surface area (Å²) >= 11 is 5.61. The smallest absolute Gasteiger partial charge is 0.0888 e. The lowest BCUT2D eigenvalue weighted by Crippen LogP contribution is -2.09. The standard InChI is InChI=1S/C40H24N2S3/c1-4-23(18-24(5-1)27-10-14-35-31(21-27)39-37(44-35)6-2-16-41-39)25-8-12-33-29(19-25)30-20-26(9-13-34(30)43-33)28-11-15-36-32(22-28)40-38(45-36)7-3-17-42-40/h1-22,29,33H. The van der Waals surface area contributed by atoms with Gasteiger partial charge in [-0.25, -0.2) is 0 Å². The summed E-state index contributed by atoms with van der Waals surface area (Å²) in [5.74, 6) is 0.348. The van der Waals surface area contributed by atoms with Crippen LogP contribution in [0.4, 0.5) is 0 Å². The second-order valence-corrected chi connectivity index (χ2v) is 15.1. The summed E-state index contributed by atoms with van der Waals surface area (Å²) in [6.45, 7) is 0. The number of aromatic nitrogens is 2. The Balaban J connectivity index is 1.01. The van der Waals surface area contributed by atoms with Crippen molar-refractivity contribution < 1.29 is 0 Å². The monoisotopic (exact) mass is 628 g/mol. The van der Waals surface area contributed by atoms with Crippen molar-refractivity contribution in [2.24, 2.45) is 0 Å². The summed E-state index contributed by atoms with van der Waals surface area (Å²) in [7, 11) is 0. The van der Waals surface area contributed by atoms with Crippen molar-refractivity contribution in [2.75, 3.05) is 0 Å². The Labute approximate surface area is 272 Å². The Morgan fingerprint density at radius 3 is 1.87 bits per heavy atom. The van der Waals surface area contributed by atoms with E-state index >= 15 is 0 Å². The summed E-state index contributed by atoms with van der Waals surface area (Å²) in [6.07, 6.45) is 11.0. The van der Waals surface area contributed by atoms with Crippen molar-refractivity contribution in [3.05, 3.63) is 145 Å². The van der Waals surface area contributed by atoms with Gasteiger partial charge in [-0.3, -0.25) is 9.97 Å². The maximum Gasteiger partial charge on any atom is 0.0888 e. The molecule has 45 heavy (non-hydrogen) atoms. The molecule has 0 amide bonds. The minimum Gasteiger partial charge on any atom is -0.255 e. The molecule has 1 aliphatic heterocycles. The lowest BCUT2D eigenvalue weighted by Gasteiger charge is -2.20. The first-order valence-corrected chi connectivity index (χ1v) is 17.6. The predicted octanol–water partition coefficient (Wildman–Crippen LogP) is 11.8. The Morgan fingerprint density at radius 2 is 1.16 bits per heavy atom. The van der Waals surface area contributed by atoms with Crippen LogP contribution in [0.2, 0.25) is 0 Å². The van der Waals surface area contributed by atoms with Crippen LogP contribution in [0.1, 0.15) is 17.0 Å². The Morgan fingerprint density at radius 1 is 0.533 bits per heavy atom. The van der Waals surface area contributed by atoms with Gasteiger partial charge in [0, 0.05) is 48.6 Å². The molecule has 0 radical (unpaired) electrons. The van der Waals surface area contributed by atoms with Gasteiger partial charge in [-0.1, -0.05) is 54.6 Å². The van der Waals surface area contributed by atoms with Crippen molar-refractivity contribution >= 4 is 80.6 Å².